The first-order valence-electron chi connectivity index (χ1n) is 9.48. The van der Waals surface area contributed by atoms with E-state index in [0.29, 0.717) is 35.2 Å². The first kappa shape index (κ1) is 20.0. The van der Waals surface area contributed by atoms with Crippen LogP contribution in [0.2, 0.25) is 0 Å². The second-order valence-electron chi connectivity index (χ2n) is 6.37. The zero-order valence-electron chi connectivity index (χ0n) is 16.3. The predicted molar refractivity (Wildman–Crippen MR) is 110 cm³/mol. The van der Waals surface area contributed by atoms with E-state index in [1.54, 1.807) is 19.1 Å². The van der Waals surface area contributed by atoms with E-state index in [2.05, 4.69) is 4.99 Å². The Bertz CT molecular complexity index is 1140. The summed E-state index contributed by atoms with van der Waals surface area (Å²) >= 11 is 1.34. The summed E-state index contributed by atoms with van der Waals surface area (Å²) in [5.74, 6) is 1.13. The fraction of sp³-hybridized carbons (Fsp3) is 0.286. The second kappa shape index (κ2) is 9.00. The van der Waals surface area contributed by atoms with Crippen molar-refractivity contribution in [3.05, 3.63) is 47.3 Å². The quantitative estimate of drug-likeness (QED) is 0.538. The van der Waals surface area contributed by atoms with Gasteiger partial charge in [0.1, 0.15) is 5.75 Å². The van der Waals surface area contributed by atoms with Gasteiger partial charge in [-0.25, -0.2) is 0 Å². The highest BCUT2D eigenvalue weighted by molar-refractivity contribution is 7.16. The number of ether oxygens (including phenoxy) is 4. The molecule has 9 heteroatoms. The highest BCUT2D eigenvalue weighted by atomic mass is 32.1. The third-order valence-corrected chi connectivity index (χ3v) is 5.39. The molecule has 0 atom stereocenters. The van der Waals surface area contributed by atoms with Gasteiger partial charge in [0.05, 0.1) is 23.2 Å². The third-order valence-electron chi connectivity index (χ3n) is 4.35. The first-order valence-corrected chi connectivity index (χ1v) is 10.3. The van der Waals surface area contributed by atoms with E-state index in [1.165, 1.54) is 11.3 Å². The van der Waals surface area contributed by atoms with Crippen molar-refractivity contribution in [1.82, 2.24) is 4.57 Å². The number of carbonyl (C=O) groups is 2. The fourth-order valence-electron chi connectivity index (χ4n) is 3.00. The van der Waals surface area contributed by atoms with Gasteiger partial charge >= 0.3 is 5.97 Å². The molecule has 0 spiro atoms. The number of amides is 1. The molecular formula is C21H20N2O6S. The summed E-state index contributed by atoms with van der Waals surface area (Å²) in [6.45, 7) is 2.39. The van der Waals surface area contributed by atoms with E-state index >= 15 is 0 Å². The number of hydrogen-bond acceptors (Lipinski definition) is 7. The first-order chi connectivity index (χ1) is 14.6. The monoisotopic (exact) mass is 428 g/mol. The van der Waals surface area contributed by atoms with E-state index in [9.17, 15) is 9.59 Å². The van der Waals surface area contributed by atoms with Crippen molar-refractivity contribution >= 4 is 33.4 Å². The number of hydrogen-bond donors (Lipinski definition) is 0. The lowest BCUT2D eigenvalue weighted by atomic mass is 10.3. The number of thiazole rings is 1. The molecule has 156 valence electrons. The van der Waals surface area contributed by atoms with E-state index in [0.717, 1.165) is 10.2 Å². The molecule has 30 heavy (non-hydrogen) atoms. The minimum absolute atomic E-state index is 0.163. The van der Waals surface area contributed by atoms with Crippen LogP contribution in [0.5, 0.6) is 17.2 Å². The zero-order valence-corrected chi connectivity index (χ0v) is 17.1. The van der Waals surface area contributed by atoms with Crippen LogP contribution in [0.25, 0.3) is 10.2 Å². The SMILES string of the molecule is CCOC(=O)CCn1c(=NC(=O)COc2ccccc2)sc2cc3c(cc21)OCO3. The summed E-state index contributed by atoms with van der Waals surface area (Å²) in [5, 5.41) is 0. The van der Waals surface area contributed by atoms with Crippen LogP contribution in [0.15, 0.2) is 47.5 Å². The van der Waals surface area contributed by atoms with E-state index in [-0.39, 0.29) is 25.8 Å². The minimum Gasteiger partial charge on any atom is -0.484 e. The van der Waals surface area contributed by atoms with Gasteiger partial charge in [0, 0.05) is 18.7 Å². The number of benzene rings is 2. The smallest absolute Gasteiger partial charge is 0.307 e. The maximum absolute atomic E-state index is 12.4. The van der Waals surface area contributed by atoms with Gasteiger partial charge in [-0.1, -0.05) is 29.5 Å². The molecule has 0 saturated carbocycles. The van der Waals surface area contributed by atoms with Crippen LogP contribution in [0.4, 0.5) is 0 Å². The Morgan fingerprint density at radius 1 is 1.17 bits per heavy atom. The summed E-state index contributed by atoms with van der Waals surface area (Å²) in [5.41, 5.74) is 0.809. The average molecular weight is 428 g/mol. The summed E-state index contributed by atoms with van der Waals surface area (Å²) in [4.78, 5) is 29.0. The topological polar surface area (TPSA) is 88.4 Å². The van der Waals surface area contributed by atoms with Crippen LogP contribution in [0.3, 0.4) is 0 Å². The van der Waals surface area contributed by atoms with Gasteiger partial charge in [-0.3, -0.25) is 9.59 Å². The summed E-state index contributed by atoms with van der Waals surface area (Å²) in [7, 11) is 0. The zero-order chi connectivity index (χ0) is 20.9. The molecule has 3 aromatic rings. The van der Waals surface area contributed by atoms with Crippen LogP contribution in [0.1, 0.15) is 13.3 Å². The van der Waals surface area contributed by atoms with Crippen molar-refractivity contribution < 1.29 is 28.5 Å². The Morgan fingerprint density at radius 2 is 1.93 bits per heavy atom. The molecule has 0 bridgehead atoms. The van der Waals surface area contributed by atoms with Gasteiger partial charge in [-0.15, -0.1) is 0 Å². The van der Waals surface area contributed by atoms with Crippen LogP contribution >= 0.6 is 11.3 Å². The van der Waals surface area contributed by atoms with Crippen molar-refractivity contribution in [3.8, 4) is 17.2 Å². The Hall–Kier alpha value is -3.33. The number of aryl methyl sites for hydroxylation is 1. The Morgan fingerprint density at radius 3 is 2.70 bits per heavy atom. The van der Waals surface area contributed by atoms with Crippen LogP contribution in [-0.4, -0.2) is 36.5 Å². The standard InChI is InChI=1S/C21H20N2O6S/c1-2-26-20(25)8-9-23-15-10-16-17(29-13-28-16)11-18(15)30-21(23)22-19(24)12-27-14-6-4-3-5-7-14/h3-7,10-11H,2,8-9,12-13H2,1H3. The minimum atomic E-state index is -0.421. The van der Waals surface area contributed by atoms with Crippen LogP contribution in [-0.2, 0) is 20.9 Å². The number of rotatable bonds is 7. The van der Waals surface area contributed by atoms with Gasteiger partial charge in [0.15, 0.2) is 22.9 Å². The molecule has 0 aliphatic carbocycles. The Kier molecular flexibility index (Phi) is 5.99. The van der Waals surface area contributed by atoms with Crippen LogP contribution < -0.4 is 19.0 Å². The maximum atomic E-state index is 12.4. The van der Waals surface area contributed by atoms with Crippen molar-refractivity contribution in [2.24, 2.45) is 4.99 Å². The molecule has 1 aliphatic rings. The molecule has 2 aromatic carbocycles. The largest absolute Gasteiger partial charge is 0.484 e. The molecule has 1 aliphatic heterocycles. The number of aromatic nitrogens is 1. The van der Waals surface area contributed by atoms with Crippen molar-refractivity contribution in [2.45, 2.75) is 19.9 Å². The van der Waals surface area contributed by atoms with E-state index < -0.39 is 5.91 Å². The molecule has 1 amide bonds. The van der Waals surface area contributed by atoms with Gasteiger partial charge in [0.25, 0.3) is 5.91 Å². The van der Waals surface area contributed by atoms with Crippen molar-refractivity contribution in [3.63, 3.8) is 0 Å². The summed E-state index contributed by atoms with van der Waals surface area (Å²) in [6, 6.07) is 12.8. The Labute approximate surface area is 176 Å². The highest BCUT2D eigenvalue weighted by Gasteiger charge is 2.18. The second-order valence-corrected chi connectivity index (χ2v) is 7.38. The third kappa shape index (κ3) is 4.46. The lowest BCUT2D eigenvalue weighted by molar-refractivity contribution is -0.143. The molecule has 8 nitrogen and oxygen atoms in total. The maximum Gasteiger partial charge on any atom is 0.307 e. The van der Waals surface area contributed by atoms with Gasteiger partial charge in [-0.2, -0.15) is 4.99 Å². The van der Waals surface area contributed by atoms with E-state index in [1.807, 2.05) is 34.9 Å². The molecule has 0 radical (unpaired) electrons. The molecule has 1 aromatic heterocycles. The molecule has 4 rings (SSSR count). The van der Waals surface area contributed by atoms with Gasteiger partial charge in [0.2, 0.25) is 6.79 Å². The summed E-state index contributed by atoms with van der Waals surface area (Å²) < 4.78 is 24.1. The number of para-hydroxylation sites is 1. The average Bonchev–Trinajstić information content (AvgIpc) is 3.33. The van der Waals surface area contributed by atoms with Crippen LogP contribution in [0, 0.1) is 0 Å². The normalized spacial score (nSPS) is 12.9. The number of esters is 1. The van der Waals surface area contributed by atoms with E-state index in [4.69, 9.17) is 18.9 Å². The molecule has 0 N–H and O–H groups in total. The molecule has 0 fully saturated rings. The van der Waals surface area contributed by atoms with Crippen molar-refractivity contribution in [1.29, 1.82) is 0 Å². The predicted octanol–water partition coefficient (Wildman–Crippen LogP) is 2.89. The van der Waals surface area contributed by atoms with Crippen molar-refractivity contribution in [2.75, 3.05) is 20.0 Å². The number of nitrogens with zero attached hydrogens (tertiary/aromatic N) is 2. The molecule has 0 unspecified atom stereocenters. The van der Waals surface area contributed by atoms with Gasteiger partial charge in [-0.05, 0) is 19.1 Å². The lowest BCUT2D eigenvalue weighted by Gasteiger charge is -2.06. The highest BCUT2D eigenvalue weighted by Crippen LogP contribution is 2.37. The molecule has 2 heterocycles. The summed E-state index contributed by atoms with van der Waals surface area (Å²) in [6.07, 6.45) is 0.163. The number of carbonyl (C=O) groups excluding carboxylic acids is 2. The lowest BCUT2D eigenvalue weighted by Crippen LogP contribution is -2.21. The number of fused-ring (bicyclic) bond motifs is 2. The fourth-order valence-corrected chi connectivity index (χ4v) is 4.08. The molecular weight excluding hydrogens is 408 g/mol. The Balaban J connectivity index is 1.63. The van der Waals surface area contributed by atoms with Gasteiger partial charge < -0.3 is 23.5 Å². The molecule has 0 saturated heterocycles.